The maximum Gasteiger partial charge on any atom is 0.241 e. The van der Waals surface area contributed by atoms with Crippen molar-refractivity contribution < 1.29 is 13.2 Å². The molecule has 4 N–H and O–H groups in total. The van der Waals surface area contributed by atoms with E-state index in [0.717, 1.165) is 0 Å². The Morgan fingerprint density at radius 3 is 2.35 bits per heavy atom. The summed E-state index contributed by atoms with van der Waals surface area (Å²) in [7, 11) is -3.66. The number of nitrogens with two attached hydrogens (primary N) is 1. The van der Waals surface area contributed by atoms with Crippen LogP contribution in [0.2, 0.25) is 0 Å². The first-order chi connectivity index (χ1) is 9.98. The van der Waals surface area contributed by atoms with Gasteiger partial charge in [0.05, 0.1) is 4.90 Å². The number of carbonyl (C=O) groups excluding carboxylic acids is 1. The Kier molecular flexibility index (Phi) is 7.69. The predicted octanol–water partition coefficient (Wildman–Crippen LogP) is 2.03. The lowest BCUT2D eigenvalue weighted by Crippen LogP contribution is -2.40. The number of carbonyl (C=O) groups is 1. The maximum atomic E-state index is 12.5. The van der Waals surface area contributed by atoms with Crippen LogP contribution in [0.1, 0.15) is 33.3 Å². The van der Waals surface area contributed by atoms with Crippen molar-refractivity contribution in [3.63, 3.8) is 0 Å². The lowest BCUT2D eigenvalue weighted by Gasteiger charge is -2.22. The van der Waals surface area contributed by atoms with E-state index >= 15 is 0 Å². The van der Waals surface area contributed by atoms with Crippen LogP contribution < -0.4 is 15.8 Å². The number of rotatable bonds is 5. The van der Waals surface area contributed by atoms with E-state index in [1.807, 2.05) is 0 Å². The third kappa shape index (κ3) is 6.10. The summed E-state index contributed by atoms with van der Waals surface area (Å²) in [6, 6.07) is 4.80. The topological polar surface area (TPSA) is 101 Å². The van der Waals surface area contributed by atoms with E-state index in [1.165, 1.54) is 6.07 Å². The molecule has 1 aromatic carbocycles. The van der Waals surface area contributed by atoms with Gasteiger partial charge < -0.3 is 11.1 Å². The van der Waals surface area contributed by atoms with Gasteiger partial charge >= 0.3 is 0 Å². The highest BCUT2D eigenvalue weighted by Gasteiger charge is 2.24. The molecule has 0 radical (unpaired) electrons. The van der Waals surface area contributed by atoms with Crippen molar-refractivity contribution in [2.24, 2.45) is 11.7 Å². The second-order valence-corrected chi connectivity index (χ2v) is 8.06. The summed E-state index contributed by atoms with van der Waals surface area (Å²) in [5, 5.41) is 2.73. The average Bonchev–Trinajstić information content (AvgIpc) is 2.37. The molecular weight excluding hydrogens is 338 g/mol. The molecule has 1 unspecified atom stereocenters. The molecule has 0 bridgehead atoms. The first-order valence-corrected chi connectivity index (χ1v) is 8.61. The molecule has 0 fully saturated rings. The third-order valence-electron chi connectivity index (χ3n) is 3.07. The fraction of sp³-hybridized carbons (Fsp3) is 0.533. The monoisotopic (exact) mass is 363 g/mol. The Morgan fingerprint density at radius 1 is 1.30 bits per heavy atom. The Hall–Kier alpha value is -1.15. The lowest BCUT2D eigenvalue weighted by atomic mass is 10.1. The molecule has 1 rings (SSSR count). The predicted molar refractivity (Wildman–Crippen MR) is 95.3 cm³/mol. The van der Waals surface area contributed by atoms with Crippen LogP contribution in [0.15, 0.2) is 23.1 Å². The van der Waals surface area contributed by atoms with Crippen LogP contribution in [0.5, 0.6) is 0 Å². The molecule has 1 amide bonds. The van der Waals surface area contributed by atoms with E-state index in [0.29, 0.717) is 11.3 Å². The molecule has 1 atom stereocenters. The van der Waals surface area contributed by atoms with Crippen LogP contribution in [-0.2, 0) is 14.8 Å². The van der Waals surface area contributed by atoms with E-state index in [9.17, 15) is 13.2 Å². The molecule has 8 heteroatoms. The molecule has 0 aliphatic rings. The minimum atomic E-state index is -3.66. The largest absolute Gasteiger partial charge is 0.330 e. The number of nitrogens with one attached hydrogen (secondary N) is 2. The molecule has 0 aliphatic carbocycles. The van der Waals surface area contributed by atoms with Crippen molar-refractivity contribution >= 4 is 34.0 Å². The highest BCUT2D eigenvalue weighted by atomic mass is 35.5. The van der Waals surface area contributed by atoms with Crippen LogP contribution in [0.25, 0.3) is 0 Å². The van der Waals surface area contributed by atoms with Crippen LogP contribution in [-0.4, -0.2) is 26.4 Å². The fourth-order valence-corrected chi connectivity index (χ4v) is 3.55. The van der Waals surface area contributed by atoms with E-state index in [2.05, 4.69) is 10.0 Å². The third-order valence-corrected chi connectivity index (χ3v) is 4.98. The fourth-order valence-electron chi connectivity index (χ4n) is 1.86. The summed E-state index contributed by atoms with van der Waals surface area (Å²) in [5.41, 5.74) is 5.85. The molecule has 0 aromatic heterocycles. The maximum absolute atomic E-state index is 12.5. The van der Waals surface area contributed by atoms with E-state index < -0.39 is 15.6 Å². The number of hydrogen-bond acceptors (Lipinski definition) is 4. The number of benzene rings is 1. The normalized spacial score (nSPS) is 13.1. The van der Waals surface area contributed by atoms with Crippen molar-refractivity contribution in [1.29, 1.82) is 0 Å². The van der Waals surface area contributed by atoms with Gasteiger partial charge in [-0.25, -0.2) is 13.1 Å². The Bertz CT molecular complexity index is 654. The SMILES string of the molecule is Cc1c(NC(=O)C(C)CN)cccc1S(=O)(=O)NC(C)(C)C.Cl. The van der Waals surface area contributed by atoms with E-state index in [-0.39, 0.29) is 35.7 Å². The highest BCUT2D eigenvalue weighted by molar-refractivity contribution is 7.89. The Labute approximate surface area is 144 Å². The summed E-state index contributed by atoms with van der Waals surface area (Å²) in [4.78, 5) is 12.1. The van der Waals surface area contributed by atoms with Gasteiger partial charge in [0, 0.05) is 23.7 Å². The number of halogens is 1. The van der Waals surface area contributed by atoms with Crippen molar-refractivity contribution in [3.8, 4) is 0 Å². The second-order valence-electron chi connectivity index (χ2n) is 6.41. The zero-order chi connectivity index (χ0) is 17.1. The minimum Gasteiger partial charge on any atom is -0.330 e. The van der Waals surface area contributed by atoms with Crippen molar-refractivity contribution in [2.75, 3.05) is 11.9 Å². The van der Waals surface area contributed by atoms with Crippen LogP contribution in [0.3, 0.4) is 0 Å². The van der Waals surface area contributed by atoms with Gasteiger partial charge in [0.25, 0.3) is 0 Å². The van der Waals surface area contributed by atoms with Crippen molar-refractivity contribution in [2.45, 2.75) is 45.1 Å². The zero-order valence-electron chi connectivity index (χ0n) is 14.1. The lowest BCUT2D eigenvalue weighted by molar-refractivity contribution is -0.119. The average molecular weight is 364 g/mol. The van der Waals surface area contributed by atoms with Gasteiger partial charge in [-0.2, -0.15) is 0 Å². The van der Waals surface area contributed by atoms with Gasteiger partial charge in [-0.05, 0) is 45.4 Å². The molecule has 1 aromatic rings. The molecule has 0 saturated heterocycles. The zero-order valence-corrected chi connectivity index (χ0v) is 15.8. The van der Waals surface area contributed by atoms with Gasteiger partial charge in [0.2, 0.25) is 15.9 Å². The number of anilines is 1. The Morgan fingerprint density at radius 2 is 1.87 bits per heavy atom. The van der Waals surface area contributed by atoms with Crippen LogP contribution >= 0.6 is 12.4 Å². The first kappa shape index (κ1) is 21.9. The highest BCUT2D eigenvalue weighted by Crippen LogP contribution is 2.24. The molecule has 6 nitrogen and oxygen atoms in total. The smallest absolute Gasteiger partial charge is 0.241 e. The van der Waals surface area contributed by atoms with E-state index in [4.69, 9.17) is 5.73 Å². The summed E-state index contributed by atoms with van der Waals surface area (Å²) < 4.78 is 27.5. The van der Waals surface area contributed by atoms with Crippen molar-refractivity contribution in [3.05, 3.63) is 23.8 Å². The first-order valence-electron chi connectivity index (χ1n) is 7.12. The number of hydrogen-bond donors (Lipinski definition) is 3. The standard InChI is InChI=1S/C15H25N3O3S.ClH/c1-10(9-16)14(19)17-12-7-6-8-13(11(12)2)22(20,21)18-15(3,4)5;/h6-8,10,18H,9,16H2,1-5H3,(H,17,19);1H. The molecule has 132 valence electrons. The van der Waals surface area contributed by atoms with Gasteiger partial charge in [-0.15, -0.1) is 12.4 Å². The van der Waals surface area contributed by atoms with Gasteiger partial charge in [-0.3, -0.25) is 4.79 Å². The van der Waals surface area contributed by atoms with Gasteiger partial charge in [0.1, 0.15) is 0 Å². The van der Waals surface area contributed by atoms with Crippen molar-refractivity contribution in [1.82, 2.24) is 4.72 Å². The summed E-state index contributed by atoms with van der Waals surface area (Å²) in [6.45, 7) is 8.93. The minimum absolute atomic E-state index is 0. The second kappa shape index (κ2) is 8.10. The summed E-state index contributed by atoms with van der Waals surface area (Å²) in [5.74, 6) is -0.573. The Balaban J connectivity index is 0.00000484. The van der Waals surface area contributed by atoms with Gasteiger partial charge in [-0.1, -0.05) is 13.0 Å². The molecule has 0 aliphatic heterocycles. The molecular formula is C15H26ClN3O3S. The van der Waals surface area contributed by atoms with Crippen LogP contribution in [0.4, 0.5) is 5.69 Å². The number of amides is 1. The van der Waals surface area contributed by atoms with E-state index in [1.54, 1.807) is 46.8 Å². The molecule has 0 heterocycles. The molecule has 23 heavy (non-hydrogen) atoms. The summed E-state index contributed by atoms with van der Waals surface area (Å²) >= 11 is 0. The summed E-state index contributed by atoms with van der Waals surface area (Å²) in [6.07, 6.45) is 0. The van der Waals surface area contributed by atoms with Gasteiger partial charge in [0.15, 0.2) is 0 Å². The number of sulfonamides is 1. The molecule has 0 spiro atoms. The quantitative estimate of drug-likeness (QED) is 0.744. The van der Waals surface area contributed by atoms with Crippen LogP contribution in [0, 0.1) is 12.8 Å². The molecule has 0 saturated carbocycles.